The summed E-state index contributed by atoms with van der Waals surface area (Å²) in [5.74, 6) is -1.60. The predicted octanol–water partition coefficient (Wildman–Crippen LogP) is 2.91. The highest BCUT2D eigenvalue weighted by Gasteiger charge is 2.54. The zero-order chi connectivity index (χ0) is 18.7. The highest BCUT2D eigenvalue weighted by molar-refractivity contribution is 6.07. The second kappa shape index (κ2) is 7.76. The Morgan fingerprint density at radius 3 is 2.50 bits per heavy atom. The summed E-state index contributed by atoms with van der Waals surface area (Å²) in [7, 11) is 0. The quantitative estimate of drug-likeness (QED) is 0.783. The van der Waals surface area contributed by atoms with Crippen molar-refractivity contribution in [2.24, 2.45) is 0 Å². The van der Waals surface area contributed by atoms with Gasteiger partial charge in [0.25, 0.3) is 17.6 Å². The molecule has 1 spiro atoms. The van der Waals surface area contributed by atoms with Crippen LogP contribution in [0, 0.1) is 0 Å². The second-order valence-corrected chi connectivity index (χ2v) is 6.69. The van der Waals surface area contributed by atoms with Gasteiger partial charge in [-0.2, -0.15) is 0 Å². The van der Waals surface area contributed by atoms with Crippen LogP contribution in [0.5, 0.6) is 0 Å². The highest BCUT2D eigenvalue weighted by atomic mass is 16.7. The number of hydrogen-bond donors (Lipinski definition) is 0. The molecule has 0 saturated carbocycles. The smallest absolute Gasteiger partial charge is 0.292 e. The molecule has 2 aliphatic rings. The summed E-state index contributed by atoms with van der Waals surface area (Å²) < 4.78 is 11.8. The number of unbranched alkanes of at least 4 members (excludes halogenated alkanes) is 1. The third-order valence-corrected chi connectivity index (χ3v) is 5.10. The number of fused-ring (bicyclic) bond motifs is 2. The summed E-state index contributed by atoms with van der Waals surface area (Å²) in [6.07, 6.45) is 2.66. The van der Waals surface area contributed by atoms with Crippen LogP contribution in [0.15, 0.2) is 18.2 Å². The summed E-state index contributed by atoms with van der Waals surface area (Å²) in [5.41, 5.74) is 2.02. The number of hydrogen-bond acceptors (Lipinski definition) is 4. The van der Waals surface area contributed by atoms with Gasteiger partial charge < -0.3 is 19.3 Å². The Bertz CT molecular complexity index is 678. The van der Waals surface area contributed by atoms with E-state index in [0.717, 1.165) is 24.9 Å². The van der Waals surface area contributed by atoms with E-state index in [1.165, 1.54) is 0 Å². The maximum atomic E-state index is 13.2. The molecule has 0 N–H and O–H groups in total. The first-order chi connectivity index (χ1) is 12.6. The number of amides is 2. The minimum Gasteiger partial charge on any atom is -0.339 e. The van der Waals surface area contributed by atoms with Crippen molar-refractivity contribution in [3.8, 4) is 0 Å². The fraction of sp³-hybridized carbons (Fsp3) is 0.600. The largest absolute Gasteiger partial charge is 0.339 e. The van der Waals surface area contributed by atoms with Gasteiger partial charge in [-0.3, -0.25) is 9.59 Å². The van der Waals surface area contributed by atoms with Gasteiger partial charge in [0.1, 0.15) is 0 Å². The van der Waals surface area contributed by atoms with Crippen LogP contribution >= 0.6 is 0 Å². The minimum atomic E-state index is -1.39. The van der Waals surface area contributed by atoms with Gasteiger partial charge in [0.15, 0.2) is 0 Å². The lowest BCUT2D eigenvalue weighted by molar-refractivity contribution is -0.256. The van der Waals surface area contributed by atoms with Gasteiger partial charge in [0, 0.05) is 30.8 Å². The first-order valence-corrected chi connectivity index (χ1v) is 9.62. The van der Waals surface area contributed by atoms with Crippen LogP contribution in [0.1, 0.15) is 56.0 Å². The standard InChI is InChI=1S/C20H28N2O4/c1-4-7-11-22-17-10-9-15(18(23)21(5-2)6-3)14-16(17)20(19(22)24)25-12-8-13-26-20/h9-10,14H,4-8,11-13H2,1-3H3. The van der Waals surface area contributed by atoms with Gasteiger partial charge in [0.2, 0.25) is 0 Å². The third kappa shape index (κ3) is 3.01. The topological polar surface area (TPSA) is 59.1 Å². The minimum absolute atomic E-state index is 0.0387. The molecule has 3 rings (SSSR count). The zero-order valence-corrected chi connectivity index (χ0v) is 15.9. The van der Waals surface area contributed by atoms with Crippen LogP contribution in [0.2, 0.25) is 0 Å². The van der Waals surface area contributed by atoms with E-state index in [1.807, 2.05) is 19.9 Å². The molecule has 0 bridgehead atoms. The van der Waals surface area contributed by atoms with Crippen molar-refractivity contribution in [1.29, 1.82) is 0 Å². The van der Waals surface area contributed by atoms with Gasteiger partial charge in [-0.05, 0) is 44.9 Å². The Morgan fingerprint density at radius 2 is 1.88 bits per heavy atom. The number of carbonyl (C=O) groups excluding carboxylic acids is 2. The van der Waals surface area contributed by atoms with E-state index in [1.54, 1.807) is 21.9 Å². The molecule has 6 nitrogen and oxygen atoms in total. The molecule has 2 heterocycles. The molecular weight excluding hydrogens is 332 g/mol. The normalized spacial score (nSPS) is 18.3. The second-order valence-electron chi connectivity index (χ2n) is 6.69. The van der Waals surface area contributed by atoms with Crippen molar-refractivity contribution >= 4 is 17.5 Å². The van der Waals surface area contributed by atoms with Crippen molar-refractivity contribution in [2.45, 2.75) is 45.8 Å². The summed E-state index contributed by atoms with van der Waals surface area (Å²) in [6, 6.07) is 5.44. The van der Waals surface area contributed by atoms with E-state index < -0.39 is 5.79 Å². The average Bonchev–Trinajstić information content (AvgIpc) is 2.89. The van der Waals surface area contributed by atoms with Crippen LogP contribution < -0.4 is 4.90 Å². The molecule has 0 unspecified atom stereocenters. The number of carbonyl (C=O) groups is 2. The predicted molar refractivity (Wildman–Crippen MR) is 99.2 cm³/mol. The lowest BCUT2D eigenvalue weighted by atomic mass is 10.0. The van der Waals surface area contributed by atoms with Gasteiger partial charge in [-0.1, -0.05) is 13.3 Å². The molecule has 1 aromatic rings. The first-order valence-electron chi connectivity index (χ1n) is 9.62. The van der Waals surface area contributed by atoms with Crippen LogP contribution in [-0.4, -0.2) is 49.6 Å². The van der Waals surface area contributed by atoms with Gasteiger partial charge in [0.05, 0.1) is 18.9 Å². The molecule has 1 saturated heterocycles. The molecule has 26 heavy (non-hydrogen) atoms. The summed E-state index contributed by atoms with van der Waals surface area (Å²) in [4.78, 5) is 29.4. The van der Waals surface area contributed by atoms with Crippen molar-refractivity contribution in [1.82, 2.24) is 4.90 Å². The average molecular weight is 360 g/mol. The van der Waals surface area contributed by atoms with Crippen molar-refractivity contribution in [3.05, 3.63) is 29.3 Å². The van der Waals surface area contributed by atoms with E-state index in [-0.39, 0.29) is 11.8 Å². The molecule has 0 atom stereocenters. The molecule has 0 radical (unpaired) electrons. The van der Waals surface area contributed by atoms with Gasteiger partial charge in [-0.25, -0.2) is 0 Å². The van der Waals surface area contributed by atoms with E-state index in [0.29, 0.717) is 44.0 Å². The van der Waals surface area contributed by atoms with Gasteiger partial charge in [-0.15, -0.1) is 0 Å². The molecule has 6 heteroatoms. The van der Waals surface area contributed by atoms with E-state index in [4.69, 9.17) is 9.47 Å². The molecule has 142 valence electrons. The Hall–Kier alpha value is -1.92. The lowest BCUT2D eigenvalue weighted by Crippen LogP contribution is -2.47. The van der Waals surface area contributed by atoms with Crippen LogP contribution in [-0.2, 0) is 20.1 Å². The molecule has 0 aliphatic carbocycles. The van der Waals surface area contributed by atoms with Crippen molar-refractivity contribution in [2.75, 3.05) is 37.7 Å². The lowest BCUT2D eigenvalue weighted by Gasteiger charge is -2.32. The van der Waals surface area contributed by atoms with E-state index in [2.05, 4.69) is 6.92 Å². The summed E-state index contributed by atoms with van der Waals surface area (Å²) in [6.45, 7) is 8.87. The van der Waals surface area contributed by atoms with Crippen LogP contribution in [0.25, 0.3) is 0 Å². The maximum Gasteiger partial charge on any atom is 0.292 e. The Morgan fingerprint density at radius 1 is 1.19 bits per heavy atom. The number of nitrogens with zero attached hydrogens (tertiary/aromatic N) is 2. The highest BCUT2D eigenvalue weighted by Crippen LogP contribution is 2.45. The molecule has 2 aliphatic heterocycles. The number of ether oxygens (including phenoxy) is 2. The SMILES string of the molecule is CCCCN1C(=O)C2(OCCCO2)c2cc(C(=O)N(CC)CC)ccc21. The number of benzene rings is 1. The Kier molecular flexibility index (Phi) is 5.63. The first kappa shape index (κ1) is 18.9. The summed E-state index contributed by atoms with van der Waals surface area (Å²) >= 11 is 0. The Balaban J connectivity index is 2.03. The Labute approximate surface area is 155 Å². The van der Waals surface area contributed by atoms with Crippen LogP contribution in [0.3, 0.4) is 0 Å². The molecule has 2 amide bonds. The third-order valence-electron chi connectivity index (χ3n) is 5.10. The summed E-state index contributed by atoms with van der Waals surface area (Å²) in [5, 5.41) is 0. The van der Waals surface area contributed by atoms with Crippen molar-refractivity contribution < 1.29 is 19.1 Å². The molecule has 1 fully saturated rings. The van der Waals surface area contributed by atoms with Crippen LogP contribution in [0.4, 0.5) is 5.69 Å². The van der Waals surface area contributed by atoms with E-state index >= 15 is 0 Å². The fourth-order valence-electron chi connectivity index (χ4n) is 3.61. The maximum absolute atomic E-state index is 13.2. The van der Waals surface area contributed by atoms with Gasteiger partial charge >= 0.3 is 0 Å². The van der Waals surface area contributed by atoms with E-state index in [9.17, 15) is 9.59 Å². The van der Waals surface area contributed by atoms with Crippen molar-refractivity contribution in [3.63, 3.8) is 0 Å². The molecule has 1 aromatic carbocycles. The number of rotatable bonds is 6. The molecule has 0 aromatic heterocycles. The zero-order valence-electron chi connectivity index (χ0n) is 15.9. The monoisotopic (exact) mass is 360 g/mol. The fourth-order valence-corrected chi connectivity index (χ4v) is 3.61. The number of anilines is 1. The molecular formula is C20H28N2O4.